The van der Waals surface area contributed by atoms with Gasteiger partial charge in [0, 0.05) is 5.75 Å². The van der Waals surface area contributed by atoms with E-state index in [9.17, 15) is 4.79 Å². The lowest BCUT2D eigenvalue weighted by Crippen LogP contribution is -2.20. The molecular formula is C6H9IO3S. The molecule has 1 aliphatic heterocycles. The van der Waals surface area contributed by atoms with Crippen LogP contribution >= 0.6 is 34.4 Å². The van der Waals surface area contributed by atoms with E-state index in [1.54, 1.807) is 6.92 Å². The van der Waals surface area contributed by atoms with Crippen molar-refractivity contribution >= 4 is 40.3 Å². The predicted octanol–water partition coefficient (Wildman–Crippen LogP) is 1.40. The van der Waals surface area contributed by atoms with Crippen molar-refractivity contribution in [2.45, 2.75) is 16.5 Å². The first kappa shape index (κ1) is 9.60. The van der Waals surface area contributed by atoms with Gasteiger partial charge >= 0.3 is 5.97 Å². The van der Waals surface area contributed by atoms with Crippen LogP contribution < -0.4 is 0 Å². The molecular weight excluding hydrogens is 279 g/mol. The maximum Gasteiger partial charge on any atom is 0.345 e. The topological polar surface area (TPSA) is 35.5 Å². The Morgan fingerprint density at radius 1 is 1.91 bits per heavy atom. The number of ether oxygens (including phenoxy) is 2. The second-order valence-corrected chi connectivity index (χ2v) is 4.45. The van der Waals surface area contributed by atoms with Gasteiger partial charge in [0.05, 0.1) is 6.61 Å². The molecule has 5 heteroatoms. The summed E-state index contributed by atoms with van der Waals surface area (Å²) in [5.41, 5.74) is -0.392. The summed E-state index contributed by atoms with van der Waals surface area (Å²) in [7, 11) is 0. The first-order chi connectivity index (χ1) is 5.24. The van der Waals surface area contributed by atoms with Crippen molar-refractivity contribution < 1.29 is 14.3 Å². The number of halogens is 1. The number of hydrogen-bond acceptors (Lipinski definition) is 4. The largest absolute Gasteiger partial charge is 0.463 e. The van der Waals surface area contributed by atoms with Gasteiger partial charge in [0.25, 0.3) is 0 Å². The number of carbonyl (C=O) groups is 1. The molecule has 1 heterocycles. The first-order valence-electron chi connectivity index (χ1n) is 3.31. The van der Waals surface area contributed by atoms with E-state index < -0.39 is 5.44 Å². The molecule has 0 aromatic carbocycles. The minimum Gasteiger partial charge on any atom is -0.463 e. The number of rotatable bonds is 2. The van der Waals surface area contributed by atoms with E-state index in [0.29, 0.717) is 6.61 Å². The molecule has 0 N–H and O–H groups in total. The zero-order valence-corrected chi connectivity index (χ0v) is 9.05. The summed E-state index contributed by atoms with van der Waals surface area (Å²) < 4.78 is 10.2. The van der Waals surface area contributed by atoms with E-state index in [1.807, 2.05) is 0 Å². The Balaban J connectivity index is 2.31. The Morgan fingerprint density at radius 2 is 2.64 bits per heavy atom. The van der Waals surface area contributed by atoms with Crippen molar-refractivity contribution in [1.82, 2.24) is 0 Å². The molecule has 64 valence electrons. The van der Waals surface area contributed by atoms with Crippen LogP contribution in [0.2, 0.25) is 0 Å². The molecule has 0 spiro atoms. The van der Waals surface area contributed by atoms with Gasteiger partial charge in [-0.25, -0.2) is 4.79 Å². The van der Waals surface area contributed by atoms with Gasteiger partial charge in [-0.15, -0.1) is 11.8 Å². The van der Waals surface area contributed by atoms with Crippen LogP contribution in [0.3, 0.4) is 0 Å². The molecule has 1 aliphatic rings. The van der Waals surface area contributed by atoms with Crippen LogP contribution in [0.25, 0.3) is 0 Å². The molecule has 0 bridgehead atoms. The Morgan fingerprint density at radius 3 is 3.09 bits per heavy atom. The summed E-state index contributed by atoms with van der Waals surface area (Å²) in [5.74, 6) is 0.612. The third-order valence-electron chi connectivity index (χ3n) is 1.13. The van der Waals surface area contributed by atoms with Crippen LogP contribution in [0, 0.1) is 0 Å². The lowest BCUT2D eigenvalue weighted by atomic mass is 10.7. The van der Waals surface area contributed by atoms with E-state index in [4.69, 9.17) is 9.47 Å². The van der Waals surface area contributed by atoms with Gasteiger partial charge in [0.15, 0.2) is 0 Å². The van der Waals surface area contributed by atoms with Crippen LogP contribution in [-0.4, -0.2) is 27.9 Å². The fourth-order valence-corrected chi connectivity index (χ4v) is 2.65. The Bertz CT molecular complexity index is 153. The molecule has 3 nitrogen and oxygen atoms in total. The molecule has 0 unspecified atom stereocenters. The lowest BCUT2D eigenvalue weighted by Gasteiger charge is -2.07. The minimum absolute atomic E-state index is 0.145. The number of alkyl halides is 1. The molecule has 2 atom stereocenters. The summed E-state index contributed by atoms with van der Waals surface area (Å²) in [6, 6.07) is 0. The molecule has 1 fully saturated rings. The number of carbonyl (C=O) groups excluding carboxylic acids is 1. The standard InChI is InChI=1S/C6H9IO3S/c1-2-9-5(8)6-10-4(7)3-11-6/h4,6H,2-3H2,1H3/t4-,6+/m1/s1. The first-order valence-corrected chi connectivity index (χ1v) is 5.61. The summed E-state index contributed by atoms with van der Waals surface area (Å²) >= 11 is 3.65. The van der Waals surface area contributed by atoms with Crippen molar-refractivity contribution in [3.05, 3.63) is 0 Å². The highest BCUT2D eigenvalue weighted by Crippen LogP contribution is 2.29. The van der Waals surface area contributed by atoms with Crippen molar-refractivity contribution in [2.24, 2.45) is 0 Å². The van der Waals surface area contributed by atoms with Crippen molar-refractivity contribution in [3.8, 4) is 0 Å². The van der Waals surface area contributed by atoms with Crippen LogP contribution in [0.4, 0.5) is 0 Å². The maximum atomic E-state index is 11.0. The van der Waals surface area contributed by atoms with E-state index >= 15 is 0 Å². The van der Waals surface area contributed by atoms with Crippen LogP contribution in [-0.2, 0) is 14.3 Å². The van der Waals surface area contributed by atoms with Crippen molar-refractivity contribution in [2.75, 3.05) is 12.4 Å². The van der Waals surface area contributed by atoms with E-state index in [-0.39, 0.29) is 10.1 Å². The Labute approximate surface area is 83.3 Å². The Hall–Kier alpha value is 0.510. The molecule has 0 aromatic rings. The second-order valence-electron chi connectivity index (χ2n) is 1.96. The van der Waals surface area contributed by atoms with Crippen LogP contribution in [0.5, 0.6) is 0 Å². The SMILES string of the molecule is CCOC(=O)[C@H]1O[C@@H](I)CS1. The van der Waals surface area contributed by atoms with Gasteiger partial charge in [-0.3, -0.25) is 0 Å². The molecule has 1 rings (SSSR count). The number of thioether (sulfide) groups is 1. The van der Waals surface area contributed by atoms with Gasteiger partial charge in [-0.2, -0.15) is 0 Å². The van der Waals surface area contributed by atoms with E-state index in [2.05, 4.69) is 22.6 Å². The zero-order chi connectivity index (χ0) is 8.27. The minimum atomic E-state index is -0.392. The highest BCUT2D eigenvalue weighted by molar-refractivity contribution is 14.1. The van der Waals surface area contributed by atoms with Crippen LogP contribution in [0.1, 0.15) is 6.92 Å². The van der Waals surface area contributed by atoms with Gasteiger partial charge < -0.3 is 9.47 Å². The smallest absolute Gasteiger partial charge is 0.345 e. The summed E-state index contributed by atoms with van der Waals surface area (Å²) in [6.07, 6.45) is 0. The van der Waals surface area contributed by atoms with Gasteiger partial charge in [-0.05, 0) is 6.92 Å². The van der Waals surface area contributed by atoms with Crippen molar-refractivity contribution in [3.63, 3.8) is 0 Å². The summed E-state index contributed by atoms with van der Waals surface area (Å²) in [6.45, 7) is 2.21. The molecule has 0 amide bonds. The van der Waals surface area contributed by atoms with Gasteiger partial charge in [-0.1, -0.05) is 22.6 Å². The molecule has 0 aliphatic carbocycles. The molecule has 1 saturated heterocycles. The molecule has 0 saturated carbocycles. The quantitative estimate of drug-likeness (QED) is 0.437. The van der Waals surface area contributed by atoms with E-state index in [1.165, 1.54) is 11.8 Å². The summed E-state index contributed by atoms with van der Waals surface area (Å²) in [4.78, 5) is 11.0. The highest BCUT2D eigenvalue weighted by Gasteiger charge is 2.30. The molecule has 0 radical (unpaired) electrons. The fourth-order valence-electron chi connectivity index (χ4n) is 0.710. The molecule has 0 aromatic heterocycles. The van der Waals surface area contributed by atoms with E-state index in [0.717, 1.165) is 5.75 Å². The third kappa shape index (κ3) is 2.79. The predicted molar refractivity (Wildman–Crippen MR) is 51.8 cm³/mol. The zero-order valence-electron chi connectivity index (χ0n) is 6.08. The average molecular weight is 288 g/mol. The number of esters is 1. The highest BCUT2D eigenvalue weighted by atomic mass is 127. The van der Waals surface area contributed by atoms with Crippen LogP contribution in [0.15, 0.2) is 0 Å². The van der Waals surface area contributed by atoms with Gasteiger partial charge in [0.1, 0.15) is 4.11 Å². The van der Waals surface area contributed by atoms with Crippen molar-refractivity contribution in [1.29, 1.82) is 0 Å². The average Bonchev–Trinajstić information content (AvgIpc) is 2.36. The fraction of sp³-hybridized carbons (Fsp3) is 0.833. The maximum absolute atomic E-state index is 11.0. The normalized spacial score (nSPS) is 30.4. The van der Waals surface area contributed by atoms with Gasteiger partial charge in [0.2, 0.25) is 5.44 Å². The monoisotopic (exact) mass is 288 g/mol. The lowest BCUT2D eigenvalue weighted by molar-refractivity contribution is -0.150. The second kappa shape index (κ2) is 4.51. The Kier molecular flexibility index (Phi) is 3.94. The molecule has 11 heavy (non-hydrogen) atoms. The number of hydrogen-bond donors (Lipinski definition) is 0. The summed E-state index contributed by atoms with van der Waals surface area (Å²) in [5, 5.41) is 0. The third-order valence-corrected chi connectivity index (χ3v) is 3.56.